The molecule has 0 aliphatic heterocycles. The molecule has 1 amide bonds. The fourth-order valence-electron chi connectivity index (χ4n) is 3.04. The molecule has 0 saturated heterocycles. The van der Waals surface area contributed by atoms with Crippen LogP contribution in [0, 0.1) is 0 Å². The van der Waals surface area contributed by atoms with E-state index < -0.39 is 0 Å². The molecule has 3 rings (SSSR count). The Morgan fingerprint density at radius 2 is 1.83 bits per heavy atom. The zero-order chi connectivity index (χ0) is 20.8. The molecule has 0 N–H and O–H groups in total. The number of amides is 1. The topological polar surface area (TPSA) is 77.7 Å². The molecule has 0 aliphatic rings. The van der Waals surface area contributed by atoms with E-state index in [0.29, 0.717) is 18.1 Å². The van der Waals surface area contributed by atoms with Crippen molar-refractivity contribution in [2.45, 2.75) is 25.8 Å². The smallest absolute Gasteiger partial charge is 0.227 e. The Kier molecular flexibility index (Phi) is 6.49. The Hall–Kier alpha value is -3.35. The SMILES string of the molecule is COc1ccc(-c2noc(CCC(=O)N(C)C(C)c3ccccc3OC)n2)cc1. The molecule has 152 valence electrons. The highest BCUT2D eigenvalue weighted by molar-refractivity contribution is 5.76. The Balaban J connectivity index is 1.60. The van der Waals surface area contributed by atoms with Crippen LogP contribution < -0.4 is 9.47 Å². The molecule has 0 saturated carbocycles. The van der Waals surface area contributed by atoms with Crippen LogP contribution in [-0.2, 0) is 11.2 Å². The maximum Gasteiger partial charge on any atom is 0.227 e. The summed E-state index contributed by atoms with van der Waals surface area (Å²) >= 11 is 0. The Labute approximate surface area is 170 Å². The summed E-state index contributed by atoms with van der Waals surface area (Å²) in [5, 5.41) is 4.00. The van der Waals surface area contributed by atoms with Crippen LogP contribution in [0.5, 0.6) is 11.5 Å². The first kappa shape index (κ1) is 20.4. The number of nitrogens with zero attached hydrogens (tertiary/aromatic N) is 3. The van der Waals surface area contributed by atoms with Gasteiger partial charge in [-0.1, -0.05) is 23.4 Å². The third-order valence-corrected chi connectivity index (χ3v) is 4.93. The zero-order valence-corrected chi connectivity index (χ0v) is 17.1. The fourth-order valence-corrected chi connectivity index (χ4v) is 3.04. The van der Waals surface area contributed by atoms with E-state index >= 15 is 0 Å². The molecule has 29 heavy (non-hydrogen) atoms. The van der Waals surface area contributed by atoms with Crippen LogP contribution in [0.4, 0.5) is 0 Å². The standard InChI is InChI=1S/C22H25N3O4/c1-15(18-7-5-6-8-19(18)28-4)25(2)21(26)14-13-20-23-22(24-29-20)16-9-11-17(27-3)12-10-16/h5-12,15H,13-14H2,1-4H3. The first-order chi connectivity index (χ1) is 14.0. The lowest BCUT2D eigenvalue weighted by Crippen LogP contribution is -2.30. The number of hydrogen-bond donors (Lipinski definition) is 0. The largest absolute Gasteiger partial charge is 0.497 e. The van der Waals surface area contributed by atoms with Gasteiger partial charge in [0, 0.05) is 31.0 Å². The van der Waals surface area contributed by atoms with E-state index in [9.17, 15) is 4.79 Å². The lowest BCUT2D eigenvalue weighted by Gasteiger charge is -2.26. The summed E-state index contributed by atoms with van der Waals surface area (Å²) in [5.74, 6) is 2.44. The second kappa shape index (κ2) is 9.23. The molecule has 3 aromatic rings. The number of methoxy groups -OCH3 is 2. The molecule has 2 aromatic carbocycles. The lowest BCUT2D eigenvalue weighted by atomic mass is 10.1. The van der Waals surface area contributed by atoms with Crippen molar-refractivity contribution < 1.29 is 18.8 Å². The Bertz CT molecular complexity index is 953. The molecule has 0 spiro atoms. The van der Waals surface area contributed by atoms with E-state index in [2.05, 4.69) is 10.1 Å². The van der Waals surface area contributed by atoms with Crippen molar-refractivity contribution in [3.63, 3.8) is 0 Å². The summed E-state index contributed by atoms with van der Waals surface area (Å²) < 4.78 is 15.9. The van der Waals surface area contributed by atoms with Gasteiger partial charge in [0.1, 0.15) is 11.5 Å². The second-order valence-corrected chi connectivity index (χ2v) is 6.66. The van der Waals surface area contributed by atoms with E-state index in [1.54, 1.807) is 26.2 Å². The van der Waals surface area contributed by atoms with Crippen LogP contribution in [0.3, 0.4) is 0 Å². The summed E-state index contributed by atoms with van der Waals surface area (Å²) in [4.78, 5) is 18.8. The molecule has 1 aromatic heterocycles. The van der Waals surface area contributed by atoms with Crippen molar-refractivity contribution in [1.82, 2.24) is 15.0 Å². The van der Waals surface area contributed by atoms with E-state index in [-0.39, 0.29) is 18.4 Å². The summed E-state index contributed by atoms with van der Waals surface area (Å²) in [6.45, 7) is 1.98. The van der Waals surface area contributed by atoms with Crippen molar-refractivity contribution in [3.05, 3.63) is 60.0 Å². The molecular weight excluding hydrogens is 370 g/mol. The number of ether oxygens (including phenoxy) is 2. The molecule has 0 aliphatic carbocycles. The Morgan fingerprint density at radius 3 is 2.52 bits per heavy atom. The summed E-state index contributed by atoms with van der Waals surface area (Å²) in [7, 11) is 5.03. The van der Waals surface area contributed by atoms with Crippen LogP contribution >= 0.6 is 0 Å². The fraction of sp³-hybridized carbons (Fsp3) is 0.318. The van der Waals surface area contributed by atoms with Gasteiger partial charge in [0.05, 0.1) is 20.3 Å². The minimum absolute atomic E-state index is 0.00685. The van der Waals surface area contributed by atoms with E-state index in [0.717, 1.165) is 22.6 Å². The van der Waals surface area contributed by atoms with Gasteiger partial charge in [-0.05, 0) is 37.3 Å². The third-order valence-electron chi connectivity index (χ3n) is 4.93. The van der Waals surface area contributed by atoms with Crippen LogP contribution in [0.1, 0.15) is 30.8 Å². The normalized spacial score (nSPS) is 11.7. The summed E-state index contributed by atoms with van der Waals surface area (Å²) in [6.07, 6.45) is 0.658. The average molecular weight is 395 g/mol. The number of aryl methyl sites for hydroxylation is 1. The molecular formula is C22H25N3O4. The van der Waals surface area contributed by atoms with Crippen molar-refractivity contribution >= 4 is 5.91 Å². The Morgan fingerprint density at radius 1 is 1.10 bits per heavy atom. The maximum atomic E-state index is 12.7. The number of hydrogen-bond acceptors (Lipinski definition) is 6. The van der Waals surface area contributed by atoms with Gasteiger partial charge < -0.3 is 18.9 Å². The van der Waals surface area contributed by atoms with E-state index in [1.165, 1.54) is 0 Å². The molecule has 0 fully saturated rings. The molecule has 1 heterocycles. The molecule has 7 heteroatoms. The molecule has 1 unspecified atom stereocenters. The number of carbonyl (C=O) groups excluding carboxylic acids is 1. The van der Waals surface area contributed by atoms with Crippen LogP contribution in [-0.4, -0.2) is 42.2 Å². The number of para-hydroxylation sites is 1. The number of benzene rings is 2. The van der Waals surface area contributed by atoms with Crippen LogP contribution in [0.25, 0.3) is 11.4 Å². The highest BCUT2D eigenvalue weighted by Crippen LogP contribution is 2.28. The third kappa shape index (κ3) is 4.74. The van der Waals surface area contributed by atoms with Gasteiger partial charge in [0.25, 0.3) is 0 Å². The van der Waals surface area contributed by atoms with Crippen LogP contribution in [0.2, 0.25) is 0 Å². The zero-order valence-electron chi connectivity index (χ0n) is 17.1. The molecule has 0 radical (unpaired) electrons. The first-order valence-electron chi connectivity index (χ1n) is 9.39. The number of rotatable bonds is 8. The summed E-state index contributed by atoms with van der Waals surface area (Å²) in [5.41, 5.74) is 1.79. The molecule has 0 bridgehead atoms. The van der Waals surface area contributed by atoms with Gasteiger partial charge >= 0.3 is 0 Å². The van der Waals surface area contributed by atoms with Crippen molar-refractivity contribution in [2.24, 2.45) is 0 Å². The quantitative estimate of drug-likeness (QED) is 0.576. The van der Waals surface area contributed by atoms with Crippen molar-refractivity contribution in [2.75, 3.05) is 21.3 Å². The van der Waals surface area contributed by atoms with Gasteiger partial charge in [-0.25, -0.2) is 0 Å². The number of carbonyl (C=O) groups is 1. The van der Waals surface area contributed by atoms with Crippen molar-refractivity contribution in [1.29, 1.82) is 0 Å². The van der Waals surface area contributed by atoms with E-state index in [1.807, 2.05) is 55.5 Å². The van der Waals surface area contributed by atoms with Gasteiger partial charge in [-0.15, -0.1) is 0 Å². The van der Waals surface area contributed by atoms with Gasteiger partial charge in [-0.3, -0.25) is 4.79 Å². The summed E-state index contributed by atoms with van der Waals surface area (Å²) in [6, 6.07) is 15.0. The molecule has 7 nitrogen and oxygen atoms in total. The van der Waals surface area contributed by atoms with Crippen molar-refractivity contribution in [3.8, 4) is 22.9 Å². The maximum absolute atomic E-state index is 12.7. The predicted molar refractivity (Wildman–Crippen MR) is 109 cm³/mol. The minimum Gasteiger partial charge on any atom is -0.497 e. The van der Waals surface area contributed by atoms with Gasteiger partial charge in [0.2, 0.25) is 17.6 Å². The molecule has 1 atom stereocenters. The average Bonchev–Trinajstić information content (AvgIpc) is 3.25. The highest BCUT2D eigenvalue weighted by Gasteiger charge is 2.21. The number of aromatic nitrogens is 2. The second-order valence-electron chi connectivity index (χ2n) is 6.66. The van der Waals surface area contributed by atoms with Gasteiger partial charge in [-0.2, -0.15) is 4.98 Å². The van der Waals surface area contributed by atoms with E-state index in [4.69, 9.17) is 14.0 Å². The highest BCUT2D eigenvalue weighted by atomic mass is 16.5. The van der Waals surface area contributed by atoms with Crippen LogP contribution in [0.15, 0.2) is 53.1 Å². The van der Waals surface area contributed by atoms with Gasteiger partial charge in [0.15, 0.2) is 0 Å². The minimum atomic E-state index is -0.115. The lowest BCUT2D eigenvalue weighted by molar-refractivity contribution is -0.131. The predicted octanol–water partition coefficient (Wildman–Crippen LogP) is 3.91. The first-order valence-corrected chi connectivity index (χ1v) is 9.39. The monoisotopic (exact) mass is 395 g/mol.